The van der Waals surface area contributed by atoms with Crippen LogP contribution in [0.1, 0.15) is 15.9 Å². The Labute approximate surface area is 92.3 Å². The Hall–Kier alpha value is -0.510. The molecule has 0 aliphatic rings. The average Bonchev–Trinajstić information content (AvgIpc) is 1.94. The molecule has 0 unspecified atom stereocenters. The summed E-state index contributed by atoms with van der Waals surface area (Å²) in [5.74, 6) is -1.30. The van der Waals surface area contributed by atoms with Gasteiger partial charge in [0.25, 0.3) is 0 Å². The molecule has 0 amide bonds. The van der Waals surface area contributed by atoms with Gasteiger partial charge in [0, 0.05) is 0 Å². The zero-order valence-electron chi connectivity index (χ0n) is 6.03. The van der Waals surface area contributed by atoms with Gasteiger partial charge in [-0.05, 0) is 19.1 Å². The number of aromatic carboxylic acids is 1. The standard InChI is InChI=1S/C8H8O3.Na.H/c1-5-2-3-7(9)6(4-5)8(10)11;;/h2-4,9H,1H3,(H,10,11);;. The van der Waals surface area contributed by atoms with Gasteiger partial charge in [-0.1, -0.05) is 11.6 Å². The number of carbonyl (C=O) groups is 1. The van der Waals surface area contributed by atoms with Crippen LogP contribution in [0.5, 0.6) is 5.75 Å². The third-order valence-corrected chi connectivity index (χ3v) is 1.38. The molecule has 0 radical (unpaired) electrons. The van der Waals surface area contributed by atoms with Crippen LogP contribution >= 0.6 is 0 Å². The maximum atomic E-state index is 10.4. The molecule has 0 fully saturated rings. The molecule has 4 heteroatoms. The molecule has 0 saturated carbocycles. The molecule has 12 heavy (non-hydrogen) atoms. The first kappa shape index (κ1) is 11.5. The fourth-order valence-electron chi connectivity index (χ4n) is 0.821. The van der Waals surface area contributed by atoms with Crippen LogP contribution in [-0.4, -0.2) is 45.7 Å². The van der Waals surface area contributed by atoms with Gasteiger partial charge in [-0.25, -0.2) is 4.79 Å². The molecule has 0 spiro atoms. The van der Waals surface area contributed by atoms with E-state index in [0.29, 0.717) is 0 Å². The van der Waals surface area contributed by atoms with E-state index in [1.165, 1.54) is 12.1 Å². The Morgan fingerprint density at radius 1 is 1.42 bits per heavy atom. The van der Waals surface area contributed by atoms with E-state index in [-0.39, 0.29) is 40.9 Å². The van der Waals surface area contributed by atoms with Gasteiger partial charge in [-0.3, -0.25) is 0 Å². The van der Waals surface area contributed by atoms with E-state index in [9.17, 15) is 4.79 Å². The number of carboxylic acids is 1. The quantitative estimate of drug-likeness (QED) is 0.621. The van der Waals surface area contributed by atoms with Crippen molar-refractivity contribution in [3.05, 3.63) is 29.3 Å². The number of carboxylic acid groups (broad SMARTS) is 1. The van der Waals surface area contributed by atoms with Gasteiger partial charge in [-0.15, -0.1) is 0 Å². The Kier molecular flexibility index (Phi) is 4.31. The Bertz CT molecular complexity index is 296. The minimum atomic E-state index is -1.11. The molecule has 1 aromatic rings. The molecule has 0 heterocycles. The Morgan fingerprint density at radius 3 is 2.42 bits per heavy atom. The molecule has 0 saturated heterocycles. The Morgan fingerprint density at radius 2 is 2.00 bits per heavy atom. The predicted molar refractivity (Wildman–Crippen MR) is 47.0 cm³/mol. The van der Waals surface area contributed by atoms with E-state index >= 15 is 0 Å². The molecular weight excluding hydrogens is 167 g/mol. The van der Waals surface area contributed by atoms with Crippen LogP contribution < -0.4 is 0 Å². The molecule has 0 aliphatic carbocycles. The normalized spacial score (nSPS) is 8.75. The van der Waals surface area contributed by atoms with E-state index in [4.69, 9.17) is 10.2 Å². The van der Waals surface area contributed by atoms with Gasteiger partial charge in [0.05, 0.1) is 0 Å². The zero-order valence-corrected chi connectivity index (χ0v) is 6.03. The van der Waals surface area contributed by atoms with Gasteiger partial charge >= 0.3 is 35.5 Å². The molecule has 1 aromatic carbocycles. The van der Waals surface area contributed by atoms with Crippen LogP contribution in [0.2, 0.25) is 0 Å². The summed E-state index contributed by atoms with van der Waals surface area (Å²) in [6.45, 7) is 1.77. The van der Waals surface area contributed by atoms with Crippen LogP contribution in [0, 0.1) is 6.92 Å². The van der Waals surface area contributed by atoms with Crippen LogP contribution in [0.25, 0.3) is 0 Å². The summed E-state index contributed by atoms with van der Waals surface area (Å²) in [5, 5.41) is 17.6. The number of aryl methyl sites for hydroxylation is 1. The first-order chi connectivity index (χ1) is 5.11. The molecular formula is C8H9NaO3. The first-order valence-electron chi connectivity index (χ1n) is 3.14. The number of rotatable bonds is 1. The van der Waals surface area contributed by atoms with Crippen molar-refractivity contribution in [1.29, 1.82) is 0 Å². The number of benzene rings is 1. The molecule has 0 aromatic heterocycles. The van der Waals surface area contributed by atoms with Crippen LogP contribution in [0.4, 0.5) is 0 Å². The van der Waals surface area contributed by atoms with Crippen molar-refractivity contribution < 1.29 is 15.0 Å². The van der Waals surface area contributed by atoms with Crippen molar-refractivity contribution in [3.63, 3.8) is 0 Å². The van der Waals surface area contributed by atoms with E-state index in [1.807, 2.05) is 0 Å². The monoisotopic (exact) mass is 176 g/mol. The topological polar surface area (TPSA) is 57.5 Å². The van der Waals surface area contributed by atoms with Crippen LogP contribution in [-0.2, 0) is 0 Å². The third-order valence-electron chi connectivity index (χ3n) is 1.38. The second kappa shape index (κ2) is 4.50. The number of phenols is 1. The van der Waals surface area contributed by atoms with Crippen molar-refractivity contribution in [2.45, 2.75) is 6.92 Å². The fraction of sp³-hybridized carbons (Fsp3) is 0.125. The average molecular weight is 176 g/mol. The molecule has 0 atom stereocenters. The molecule has 1 rings (SSSR count). The van der Waals surface area contributed by atoms with E-state index in [1.54, 1.807) is 13.0 Å². The van der Waals surface area contributed by atoms with Gasteiger partial charge in [0.15, 0.2) is 0 Å². The number of hydrogen-bond donors (Lipinski definition) is 2. The summed E-state index contributed by atoms with van der Waals surface area (Å²) < 4.78 is 0. The van der Waals surface area contributed by atoms with Gasteiger partial charge in [0.1, 0.15) is 11.3 Å². The first-order valence-corrected chi connectivity index (χ1v) is 3.14. The molecule has 2 N–H and O–H groups in total. The summed E-state index contributed by atoms with van der Waals surface area (Å²) in [6.07, 6.45) is 0. The minimum absolute atomic E-state index is 0. The maximum absolute atomic E-state index is 10.4. The summed E-state index contributed by atoms with van der Waals surface area (Å²) in [6, 6.07) is 4.46. The second-order valence-electron chi connectivity index (χ2n) is 2.33. The number of aromatic hydroxyl groups is 1. The van der Waals surface area contributed by atoms with Gasteiger partial charge < -0.3 is 10.2 Å². The SMILES string of the molecule is Cc1ccc(O)c(C(=O)O)c1.[NaH]. The summed E-state index contributed by atoms with van der Waals surface area (Å²) in [4.78, 5) is 10.4. The van der Waals surface area contributed by atoms with E-state index in [0.717, 1.165) is 5.56 Å². The summed E-state index contributed by atoms with van der Waals surface area (Å²) >= 11 is 0. The molecule has 60 valence electrons. The molecule has 0 bridgehead atoms. The Balaban J connectivity index is 0.00000121. The van der Waals surface area contributed by atoms with Crippen molar-refractivity contribution in [1.82, 2.24) is 0 Å². The van der Waals surface area contributed by atoms with Crippen molar-refractivity contribution in [2.24, 2.45) is 0 Å². The van der Waals surface area contributed by atoms with E-state index in [2.05, 4.69) is 0 Å². The summed E-state index contributed by atoms with van der Waals surface area (Å²) in [7, 11) is 0. The summed E-state index contributed by atoms with van der Waals surface area (Å²) in [5.41, 5.74) is 0.769. The molecule has 3 nitrogen and oxygen atoms in total. The van der Waals surface area contributed by atoms with Gasteiger partial charge in [-0.2, -0.15) is 0 Å². The van der Waals surface area contributed by atoms with Crippen LogP contribution in [0.15, 0.2) is 18.2 Å². The number of hydrogen-bond acceptors (Lipinski definition) is 2. The van der Waals surface area contributed by atoms with Gasteiger partial charge in [0.2, 0.25) is 0 Å². The third kappa shape index (κ3) is 2.52. The fourth-order valence-corrected chi connectivity index (χ4v) is 0.821. The molecule has 0 aliphatic heterocycles. The van der Waals surface area contributed by atoms with Crippen molar-refractivity contribution >= 4 is 35.5 Å². The van der Waals surface area contributed by atoms with E-state index < -0.39 is 5.97 Å². The van der Waals surface area contributed by atoms with Crippen molar-refractivity contribution in [3.8, 4) is 5.75 Å². The van der Waals surface area contributed by atoms with Crippen LogP contribution in [0.3, 0.4) is 0 Å². The second-order valence-corrected chi connectivity index (χ2v) is 2.33. The van der Waals surface area contributed by atoms with Crippen molar-refractivity contribution in [2.75, 3.05) is 0 Å². The predicted octanol–water partition coefficient (Wildman–Crippen LogP) is 0.750. The zero-order chi connectivity index (χ0) is 8.43.